The van der Waals surface area contributed by atoms with Crippen LogP contribution in [-0.4, -0.2) is 22.0 Å². The average molecular weight is 541 g/mol. The molecule has 0 saturated carbocycles. The Bertz CT molecular complexity index is 1710. The van der Waals surface area contributed by atoms with Crippen molar-refractivity contribution in [2.45, 2.75) is 62.3 Å². The molecule has 5 rings (SSSR count). The lowest BCUT2D eigenvalue weighted by Crippen LogP contribution is -2.15. The quantitative estimate of drug-likeness (QED) is 0.223. The van der Waals surface area contributed by atoms with Crippen molar-refractivity contribution in [1.29, 1.82) is 0 Å². The molecule has 0 aliphatic carbocycles. The molecule has 1 heterocycles. The maximum atomic E-state index is 5.02. The highest BCUT2D eigenvalue weighted by molar-refractivity contribution is 5.81. The van der Waals surface area contributed by atoms with Gasteiger partial charge < -0.3 is 4.90 Å². The van der Waals surface area contributed by atoms with Gasteiger partial charge in [-0.3, -0.25) is 0 Å². The first kappa shape index (κ1) is 28.2. The number of hydrogen-bond acceptors (Lipinski definition) is 4. The van der Waals surface area contributed by atoms with E-state index in [-0.39, 0.29) is 0 Å². The van der Waals surface area contributed by atoms with Crippen molar-refractivity contribution in [1.82, 2.24) is 15.0 Å². The van der Waals surface area contributed by atoms with Crippen molar-refractivity contribution >= 4 is 11.4 Å². The van der Waals surface area contributed by atoms with Crippen molar-refractivity contribution in [2.75, 3.05) is 11.9 Å². The van der Waals surface area contributed by atoms with Gasteiger partial charge in [0.15, 0.2) is 11.6 Å². The van der Waals surface area contributed by atoms with Crippen LogP contribution in [0.2, 0.25) is 0 Å². The van der Waals surface area contributed by atoms with Gasteiger partial charge in [0.2, 0.25) is 0 Å². The second kappa shape index (κ2) is 10.9. The molecule has 4 aromatic carbocycles. The molecule has 5 aromatic rings. The van der Waals surface area contributed by atoms with E-state index in [1.54, 1.807) is 6.33 Å². The van der Waals surface area contributed by atoms with Crippen molar-refractivity contribution in [2.24, 2.45) is 0 Å². The van der Waals surface area contributed by atoms with Gasteiger partial charge in [-0.1, -0.05) is 59.2 Å². The fourth-order valence-electron chi connectivity index (χ4n) is 6.35. The summed E-state index contributed by atoms with van der Waals surface area (Å²) in [4.78, 5) is 16.6. The van der Waals surface area contributed by atoms with Gasteiger partial charge >= 0.3 is 0 Å². The van der Waals surface area contributed by atoms with Crippen molar-refractivity contribution in [3.63, 3.8) is 0 Å². The highest BCUT2D eigenvalue weighted by Gasteiger charge is 2.22. The first-order valence-corrected chi connectivity index (χ1v) is 14.3. The predicted octanol–water partition coefficient (Wildman–Crippen LogP) is 9.42. The Morgan fingerprint density at radius 1 is 0.512 bits per heavy atom. The maximum absolute atomic E-state index is 5.02. The number of aromatic nitrogens is 3. The minimum Gasteiger partial charge on any atom is -0.344 e. The molecule has 0 unspecified atom stereocenters. The van der Waals surface area contributed by atoms with Crippen LogP contribution in [0.1, 0.15) is 50.1 Å². The lowest BCUT2D eigenvalue weighted by Gasteiger charge is -2.28. The minimum atomic E-state index is 0.725. The second-order valence-electron chi connectivity index (χ2n) is 11.6. The topological polar surface area (TPSA) is 41.9 Å². The second-order valence-corrected chi connectivity index (χ2v) is 11.6. The summed E-state index contributed by atoms with van der Waals surface area (Å²) in [7, 11) is 2.16. The van der Waals surface area contributed by atoms with Crippen LogP contribution >= 0.6 is 0 Å². The van der Waals surface area contributed by atoms with Crippen LogP contribution in [0.5, 0.6) is 0 Å². The third-order valence-corrected chi connectivity index (χ3v) is 8.43. The standard InChI is InChI=1S/C37H40N4/c1-21-15-22(2)19-31(18-21)30-11-13-32(14-12-30)41(10)35-28(8)26(6)34(27(7)29(35)9)37-39-20-38-36(40-37)33-24(4)16-23(3)17-25(33)5/h11-20H,1-10H3. The Labute approximate surface area is 245 Å². The summed E-state index contributed by atoms with van der Waals surface area (Å²) in [6, 6.07) is 20.0. The molecule has 0 atom stereocenters. The van der Waals surface area contributed by atoms with Gasteiger partial charge in [-0.25, -0.2) is 15.0 Å². The normalized spacial score (nSPS) is 11.2. The third-order valence-electron chi connectivity index (χ3n) is 8.43. The monoisotopic (exact) mass is 540 g/mol. The summed E-state index contributed by atoms with van der Waals surface area (Å²) < 4.78 is 0. The van der Waals surface area contributed by atoms with Crippen LogP contribution in [0.3, 0.4) is 0 Å². The van der Waals surface area contributed by atoms with E-state index in [0.29, 0.717) is 0 Å². The van der Waals surface area contributed by atoms with E-state index in [0.717, 1.165) is 28.5 Å². The molecular weight excluding hydrogens is 500 g/mol. The van der Waals surface area contributed by atoms with E-state index in [1.807, 2.05) is 0 Å². The Balaban J connectivity index is 1.54. The Morgan fingerprint density at radius 3 is 1.54 bits per heavy atom. The van der Waals surface area contributed by atoms with Gasteiger partial charge in [0.05, 0.1) is 0 Å². The summed E-state index contributed by atoms with van der Waals surface area (Å²) in [5, 5.41) is 0. The molecule has 0 N–H and O–H groups in total. The lowest BCUT2D eigenvalue weighted by molar-refractivity contribution is 1.04. The molecule has 41 heavy (non-hydrogen) atoms. The molecule has 208 valence electrons. The Hall–Kier alpha value is -4.31. The summed E-state index contributed by atoms with van der Waals surface area (Å²) in [5.74, 6) is 1.45. The summed E-state index contributed by atoms with van der Waals surface area (Å²) >= 11 is 0. The summed E-state index contributed by atoms with van der Waals surface area (Å²) in [6.45, 7) is 19.5. The van der Waals surface area contributed by atoms with Crippen molar-refractivity contribution in [3.05, 3.63) is 111 Å². The number of anilines is 2. The molecule has 0 spiro atoms. The fourth-order valence-corrected chi connectivity index (χ4v) is 6.35. The SMILES string of the molecule is Cc1cc(C)cc(-c2ccc(N(C)c3c(C)c(C)c(-c4ncnc(-c5c(C)cc(C)cc5C)n4)c(C)c3C)cc2)c1. The van der Waals surface area contributed by atoms with Crippen LogP contribution in [0.25, 0.3) is 33.9 Å². The summed E-state index contributed by atoms with van der Waals surface area (Å²) in [5.41, 5.74) is 18.1. The van der Waals surface area contributed by atoms with Gasteiger partial charge in [-0.15, -0.1) is 0 Å². The van der Waals surface area contributed by atoms with Crippen LogP contribution in [0.15, 0.2) is 60.9 Å². The minimum absolute atomic E-state index is 0.725. The predicted molar refractivity (Wildman–Crippen MR) is 173 cm³/mol. The Morgan fingerprint density at radius 2 is 1.00 bits per heavy atom. The van der Waals surface area contributed by atoms with Crippen LogP contribution in [0.4, 0.5) is 11.4 Å². The third kappa shape index (κ3) is 5.27. The number of rotatable bonds is 5. The maximum Gasteiger partial charge on any atom is 0.163 e. The molecular formula is C37H40N4. The van der Waals surface area contributed by atoms with Gasteiger partial charge in [0.25, 0.3) is 0 Å². The average Bonchev–Trinajstić information content (AvgIpc) is 2.91. The first-order valence-electron chi connectivity index (χ1n) is 14.3. The number of nitrogens with zero attached hydrogens (tertiary/aromatic N) is 4. The van der Waals surface area contributed by atoms with Crippen LogP contribution in [-0.2, 0) is 0 Å². The van der Waals surface area contributed by atoms with E-state index >= 15 is 0 Å². The molecule has 1 aromatic heterocycles. The first-order chi connectivity index (χ1) is 19.5. The Kier molecular flexibility index (Phi) is 7.52. The van der Waals surface area contributed by atoms with Gasteiger partial charge in [-0.05, 0) is 119 Å². The van der Waals surface area contributed by atoms with Crippen molar-refractivity contribution in [3.8, 4) is 33.9 Å². The largest absolute Gasteiger partial charge is 0.344 e. The van der Waals surface area contributed by atoms with E-state index in [1.165, 1.54) is 66.9 Å². The van der Waals surface area contributed by atoms with Gasteiger partial charge in [0, 0.05) is 29.5 Å². The number of benzene rings is 4. The zero-order valence-corrected chi connectivity index (χ0v) is 26.1. The van der Waals surface area contributed by atoms with Gasteiger partial charge in [0.1, 0.15) is 6.33 Å². The van der Waals surface area contributed by atoms with E-state index in [4.69, 9.17) is 4.98 Å². The van der Waals surface area contributed by atoms with E-state index in [2.05, 4.69) is 139 Å². The van der Waals surface area contributed by atoms with E-state index < -0.39 is 0 Å². The molecule has 0 aliphatic heterocycles. The molecule has 4 nitrogen and oxygen atoms in total. The zero-order valence-electron chi connectivity index (χ0n) is 26.1. The number of hydrogen-bond donors (Lipinski definition) is 0. The molecule has 0 aliphatic rings. The smallest absolute Gasteiger partial charge is 0.163 e. The van der Waals surface area contributed by atoms with Crippen LogP contribution in [0, 0.1) is 62.3 Å². The molecule has 4 heteroatoms. The van der Waals surface area contributed by atoms with Gasteiger partial charge in [-0.2, -0.15) is 0 Å². The highest BCUT2D eigenvalue weighted by atomic mass is 15.1. The zero-order chi connectivity index (χ0) is 29.6. The molecule has 0 amide bonds. The summed E-state index contributed by atoms with van der Waals surface area (Å²) in [6.07, 6.45) is 1.65. The molecule has 0 bridgehead atoms. The molecule has 0 radical (unpaired) electrons. The highest BCUT2D eigenvalue weighted by Crippen LogP contribution is 2.40. The fraction of sp³-hybridized carbons (Fsp3) is 0.270. The van der Waals surface area contributed by atoms with E-state index in [9.17, 15) is 0 Å². The lowest BCUT2D eigenvalue weighted by atomic mass is 9.90. The van der Waals surface area contributed by atoms with Crippen molar-refractivity contribution < 1.29 is 0 Å². The number of aryl methyl sites for hydroxylation is 5. The van der Waals surface area contributed by atoms with Crippen LogP contribution < -0.4 is 4.90 Å². The molecule has 0 fully saturated rings. The molecule has 0 saturated heterocycles.